The lowest BCUT2D eigenvalue weighted by molar-refractivity contribution is 0.0740. The minimum atomic E-state index is -0.0858. The number of amides is 1. The second-order valence-electron chi connectivity index (χ2n) is 6.51. The summed E-state index contributed by atoms with van der Waals surface area (Å²) in [6.45, 7) is 2.91. The van der Waals surface area contributed by atoms with E-state index in [1.165, 1.54) is 12.0 Å². The number of benzene rings is 2. The maximum atomic E-state index is 12.9. The first-order valence-electron chi connectivity index (χ1n) is 9.13. The van der Waals surface area contributed by atoms with Crippen molar-refractivity contribution in [2.75, 3.05) is 36.4 Å². The largest absolute Gasteiger partial charge is 0.368 e. The van der Waals surface area contributed by atoms with Gasteiger partial charge in [0.1, 0.15) is 17.8 Å². The van der Waals surface area contributed by atoms with E-state index in [1.54, 1.807) is 12.1 Å². The van der Waals surface area contributed by atoms with E-state index >= 15 is 0 Å². The molecule has 1 saturated heterocycles. The number of piperazine rings is 1. The first-order valence-corrected chi connectivity index (χ1v) is 9.51. The Morgan fingerprint density at radius 1 is 0.929 bits per heavy atom. The first-order chi connectivity index (χ1) is 13.7. The smallest absolute Gasteiger partial charge is 0.272 e. The zero-order valence-electron chi connectivity index (χ0n) is 15.3. The number of aromatic nitrogens is 2. The molecule has 0 bridgehead atoms. The van der Waals surface area contributed by atoms with Crippen LogP contribution in [0.15, 0.2) is 67.0 Å². The van der Waals surface area contributed by atoms with Crippen molar-refractivity contribution in [3.05, 3.63) is 77.7 Å². The van der Waals surface area contributed by atoms with Crippen LogP contribution in [0.5, 0.6) is 0 Å². The summed E-state index contributed by atoms with van der Waals surface area (Å²) in [5.74, 6) is 0.451. The first kappa shape index (κ1) is 18.3. The highest BCUT2D eigenvalue weighted by Gasteiger charge is 2.23. The predicted molar refractivity (Wildman–Crippen MR) is 111 cm³/mol. The summed E-state index contributed by atoms with van der Waals surface area (Å²) in [6, 6.07) is 19.3. The van der Waals surface area contributed by atoms with Crippen molar-refractivity contribution in [2.24, 2.45) is 0 Å². The third-order valence-corrected chi connectivity index (χ3v) is 5.04. The van der Waals surface area contributed by atoms with Crippen LogP contribution in [0.25, 0.3) is 0 Å². The Labute approximate surface area is 168 Å². The van der Waals surface area contributed by atoms with Crippen molar-refractivity contribution in [1.82, 2.24) is 14.9 Å². The van der Waals surface area contributed by atoms with E-state index in [4.69, 9.17) is 11.6 Å². The zero-order valence-corrected chi connectivity index (χ0v) is 16.0. The van der Waals surface area contributed by atoms with Crippen LogP contribution in [0.1, 0.15) is 10.5 Å². The lowest BCUT2D eigenvalue weighted by Crippen LogP contribution is -2.49. The average Bonchev–Trinajstić information content (AvgIpc) is 2.76. The molecule has 0 unspecified atom stereocenters. The fraction of sp³-hybridized carbons (Fsp3) is 0.190. The van der Waals surface area contributed by atoms with Crippen molar-refractivity contribution in [3.8, 4) is 0 Å². The number of para-hydroxylation sites is 2. The molecule has 2 aromatic carbocycles. The highest BCUT2D eigenvalue weighted by Crippen LogP contribution is 2.24. The zero-order chi connectivity index (χ0) is 19.3. The molecule has 1 amide bonds. The van der Waals surface area contributed by atoms with Crippen LogP contribution >= 0.6 is 11.6 Å². The van der Waals surface area contributed by atoms with Crippen LogP contribution in [0.4, 0.5) is 17.2 Å². The summed E-state index contributed by atoms with van der Waals surface area (Å²) in [5, 5.41) is 3.73. The molecular weight excluding hydrogens is 374 g/mol. The number of nitrogens with zero attached hydrogens (tertiary/aromatic N) is 4. The van der Waals surface area contributed by atoms with Crippen LogP contribution in [0.3, 0.4) is 0 Å². The van der Waals surface area contributed by atoms with Gasteiger partial charge in [0.05, 0.1) is 10.7 Å². The Balaban J connectivity index is 1.42. The molecule has 7 heteroatoms. The lowest BCUT2D eigenvalue weighted by Gasteiger charge is -2.36. The number of halogens is 1. The minimum Gasteiger partial charge on any atom is -0.368 e. The Morgan fingerprint density at radius 3 is 2.39 bits per heavy atom. The van der Waals surface area contributed by atoms with Gasteiger partial charge in [-0.1, -0.05) is 41.9 Å². The van der Waals surface area contributed by atoms with Crippen molar-refractivity contribution in [3.63, 3.8) is 0 Å². The van der Waals surface area contributed by atoms with Gasteiger partial charge in [0.2, 0.25) is 0 Å². The van der Waals surface area contributed by atoms with Crippen LogP contribution < -0.4 is 10.2 Å². The molecule has 0 spiro atoms. The molecule has 1 aliphatic rings. The van der Waals surface area contributed by atoms with Gasteiger partial charge < -0.3 is 15.1 Å². The standard InChI is InChI=1S/C21H20ClN5O/c22-17-8-4-5-9-18(17)25-20-14-19(23-15-24-20)21(28)27-12-10-26(11-13-27)16-6-2-1-3-7-16/h1-9,14-15H,10-13H2,(H,23,24,25). The maximum Gasteiger partial charge on any atom is 0.272 e. The summed E-state index contributed by atoms with van der Waals surface area (Å²) < 4.78 is 0. The third kappa shape index (κ3) is 4.07. The summed E-state index contributed by atoms with van der Waals surface area (Å²) >= 11 is 6.18. The van der Waals surface area contributed by atoms with Crippen LogP contribution in [0, 0.1) is 0 Å². The van der Waals surface area contributed by atoms with Crippen molar-refractivity contribution in [1.29, 1.82) is 0 Å². The molecule has 1 aromatic heterocycles. The fourth-order valence-electron chi connectivity index (χ4n) is 3.21. The highest BCUT2D eigenvalue weighted by molar-refractivity contribution is 6.33. The Hall–Kier alpha value is -3.12. The third-order valence-electron chi connectivity index (χ3n) is 4.71. The Kier molecular flexibility index (Phi) is 5.39. The van der Waals surface area contributed by atoms with E-state index in [2.05, 4.69) is 32.3 Å². The van der Waals surface area contributed by atoms with E-state index in [9.17, 15) is 4.79 Å². The molecule has 4 rings (SSSR count). The lowest BCUT2D eigenvalue weighted by atomic mass is 10.2. The number of hydrogen-bond acceptors (Lipinski definition) is 5. The van der Waals surface area contributed by atoms with Gasteiger partial charge in [-0.25, -0.2) is 9.97 Å². The molecule has 3 aromatic rings. The monoisotopic (exact) mass is 393 g/mol. The number of hydrogen-bond donors (Lipinski definition) is 1. The quantitative estimate of drug-likeness (QED) is 0.729. The van der Waals surface area contributed by atoms with E-state index in [-0.39, 0.29) is 5.91 Å². The van der Waals surface area contributed by atoms with Gasteiger partial charge in [-0.2, -0.15) is 0 Å². The molecule has 1 N–H and O–H groups in total. The van der Waals surface area contributed by atoms with Crippen molar-refractivity contribution in [2.45, 2.75) is 0 Å². The van der Waals surface area contributed by atoms with E-state index < -0.39 is 0 Å². The van der Waals surface area contributed by atoms with Gasteiger partial charge in [-0.05, 0) is 24.3 Å². The van der Waals surface area contributed by atoms with E-state index in [0.29, 0.717) is 29.6 Å². The molecule has 0 aliphatic carbocycles. The maximum absolute atomic E-state index is 12.9. The molecule has 1 aliphatic heterocycles. The van der Waals surface area contributed by atoms with Gasteiger partial charge in [-0.3, -0.25) is 4.79 Å². The van der Waals surface area contributed by atoms with Gasteiger partial charge in [0.25, 0.3) is 5.91 Å². The minimum absolute atomic E-state index is 0.0858. The summed E-state index contributed by atoms with van der Waals surface area (Å²) in [4.78, 5) is 25.4. The summed E-state index contributed by atoms with van der Waals surface area (Å²) in [7, 11) is 0. The SMILES string of the molecule is O=C(c1cc(Nc2ccccc2Cl)ncn1)N1CCN(c2ccccc2)CC1. The van der Waals surface area contributed by atoms with Crippen molar-refractivity contribution < 1.29 is 4.79 Å². The van der Waals surface area contributed by atoms with Gasteiger partial charge in [-0.15, -0.1) is 0 Å². The number of anilines is 3. The van der Waals surface area contributed by atoms with Crippen LogP contribution in [0.2, 0.25) is 5.02 Å². The Morgan fingerprint density at radius 2 is 1.64 bits per heavy atom. The molecular formula is C21H20ClN5O. The average molecular weight is 394 g/mol. The van der Waals surface area contributed by atoms with Gasteiger partial charge in [0.15, 0.2) is 0 Å². The van der Waals surface area contributed by atoms with Crippen LogP contribution in [-0.2, 0) is 0 Å². The molecule has 6 nitrogen and oxygen atoms in total. The molecule has 28 heavy (non-hydrogen) atoms. The number of rotatable bonds is 4. The molecule has 0 atom stereocenters. The molecule has 0 saturated carbocycles. The van der Waals surface area contributed by atoms with Crippen molar-refractivity contribution >= 4 is 34.7 Å². The number of nitrogens with one attached hydrogen (secondary N) is 1. The number of carbonyl (C=O) groups excluding carboxylic acids is 1. The topological polar surface area (TPSA) is 61.4 Å². The normalized spacial score (nSPS) is 14.0. The van der Waals surface area contributed by atoms with Gasteiger partial charge >= 0.3 is 0 Å². The highest BCUT2D eigenvalue weighted by atomic mass is 35.5. The summed E-state index contributed by atoms with van der Waals surface area (Å²) in [6.07, 6.45) is 1.40. The molecule has 142 valence electrons. The second-order valence-corrected chi connectivity index (χ2v) is 6.92. The molecule has 1 fully saturated rings. The van der Waals surface area contributed by atoms with E-state index in [1.807, 2.05) is 41.3 Å². The number of carbonyl (C=O) groups is 1. The fourth-order valence-corrected chi connectivity index (χ4v) is 3.39. The van der Waals surface area contributed by atoms with E-state index in [0.717, 1.165) is 18.8 Å². The summed E-state index contributed by atoms with van der Waals surface area (Å²) in [5.41, 5.74) is 2.29. The van der Waals surface area contributed by atoms with Crippen LogP contribution in [-0.4, -0.2) is 47.0 Å². The second kappa shape index (κ2) is 8.27. The predicted octanol–water partition coefficient (Wildman–Crippen LogP) is 3.84. The Bertz CT molecular complexity index is 958. The molecule has 2 heterocycles. The van der Waals surface area contributed by atoms with Gasteiger partial charge in [0, 0.05) is 37.9 Å². The molecule has 0 radical (unpaired) electrons.